The van der Waals surface area contributed by atoms with E-state index in [0.717, 1.165) is 35.7 Å². The van der Waals surface area contributed by atoms with Crippen LogP contribution in [-0.4, -0.2) is 34.0 Å². The number of ether oxygens (including phenoxy) is 2. The Kier molecular flexibility index (Phi) is 8.08. The Bertz CT molecular complexity index is 1080. The summed E-state index contributed by atoms with van der Waals surface area (Å²) in [7, 11) is 0. The van der Waals surface area contributed by atoms with E-state index in [-0.39, 0.29) is 24.4 Å². The lowest BCUT2D eigenvalue weighted by Gasteiger charge is -2.24. The monoisotopic (exact) mass is 540 g/mol. The Morgan fingerprint density at radius 3 is 2.61 bits per heavy atom. The molecule has 0 aliphatic carbocycles. The number of nitrogens with zero attached hydrogens (tertiary/aromatic N) is 2. The zero-order chi connectivity index (χ0) is 24.3. The molecule has 1 unspecified atom stereocenters. The van der Waals surface area contributed by atoms with Gasteiger partial charge >= 0.3 is 6.09 Å². The minimum absolute atomic E-state index is 0.00615. The summed E-state index contributed by atoms with van der Waals surface area (Å²) in [5, 5.41) is 11.3. The van der Waals surface area contributed by atoms with E-state index in [2.05, 4.69) is 31.7 Å². The van der Waals surface area contributed by atoms with E-state index in [0.29, 0.717) is 21.8 Å². The second kappa shape index (κ2) is 10.4. The van der Waals surface area contributed by atoms with Crippen molar-refractivity contribution in [2.24, 2.45) is 0 Å². The van der Waals surface area contributed by atoms with Crippen molar-refractivity contribution in [3.05, 3.63) is 38.7 Å². The molecule has 0 bridgehead atoms. The van der Waals surface area contributed by atoms with Gasteiger partial charge in [-0.3, -0.25) is 10.1 Å². The van der Waals surface area contributed by atoms with Gasteiger partial charge in [-0.15, -0.1) is 0 Å². The second-order valence-electron chi connectivity index (χ2n) is 9.21. The van der Waals surface area contributed by atoms with Crippen LogP contribution < -0.4 is 10.6 Å². The van der Waals surface area contributed by atoms with Crippen molar-refractivity contribution < 1.29 is 19.1 Å². The summed E-state index contributed by atoms with van der Waals surface area (Å²) in [5.41, 5.74) is 1.47. The molecule has 1 aromatic heterocycles. The molecule has 10 heteroatoms. The number of aromatic nitrogens is 2. The Morgan fingerprint density at radius 2 is 2.00 bits per heavy atom. The summed E-state index contributed by atoms with van der Waals surface area (Å²) in [6.45, 7) is 9.55. The van der Waals surface area contributed by atoms with Crippen LogP contribution in [0.25, 0.3) is 10.9 Å². The predicted molar refractivity (Wildman–Crippen MR) is 131 cm³/mol. The highest BCUT2D eigenvalue weighted by atomic mass is 79.9. The van der Waals surface area contributed by atoms with Crippen LogP contribution in [0.3, 0.4) is 0 Å². The molecule has 2 aromatic rings. The lowest BCUT2D eigenvalue weighted by atomic mass is 10.1. The molecule has 1 atom stereocenters. The van der Waals surface area contributed by atoms with Crippen molar-refractivity contribution in [1.29, 1.82) is 0 Å². The van der Waals surface area contributed by atoms with Crippen LogP contribution in [-0.2, 0) is 20.7 Å². The highest BCUT2D eigenvalue weighted by Gasteiger charge is 2.25. The third kappa shape index (κ3) is 6.49. The van der Waals surface area contributed by atoms with Crippen LogP contribution in [0.2, 0.25) is 5.02 Å². The lowest BCUT2D eigenvalue weighted by molar-refractivity contribution is -0.119. The summed E-state index contributed by atoms with van der Waals surface area (Å²) >= 11 is 10.1. The van der Waals surface area contributed by atoms with Gasteiger partial charge in [0, 0.05) is 22.6 Å². The van der Waals surface area contributed by atoms with Gasteiger partial charge in [0.05, 0.1) is 11.9 Å². The van der Waals surface area contributed by atoms with Crippen LogP contribution in [0.15, 0.2) is 28.1 Å². The van der Waals surface area contributed by atoms with Crippen LogP contribution >= 0.6 is 27.5 Å². The van der Waals surface area contributed by atoms with Gasteiger partial charge in [0.2, 0.25) is 5.91 Å². The maximum Gasteiger partial charge on any atom is 0.413 e. The van der Waals surface area contributed by atoms with Gasteiger partial charge in [-0.05, 0) is 87.5 Å². The number of allylic oxidation sites excluding steroid dienone is 1. The molecule has 1 aliphatic heterocycles. The molecule has 2 amide bonds. The SMILES string of the molecule is CC(C)=C(NC(=O)Cc1c(Cl)ccc2c(Br)nn(C3CCCCO3)c12)NC(=O)OC(C)(C)C. The lowest BCUT2D eigenvalue weighted by Crippen LogP contribution is -2.39. The third-order valence-electron chi connectivity index (χ3n) is 5.03. The van der Waals surface area contributed by atoms with E-state index in [1.807, 2.05) is 10.7 Å². The molecule has 33 heavy (non-hydrogen) atoms. The smallest absolute Gasteiger partial charge is 0.413 e. The molecule has 0 spiro atoms. The summed E-state index contributed by atoms with van der Waals surface area (Å²) < 4.78 is 13.7. The van der Waals surface area contributed by atoms with E-state index in [9.17, 15) is 9.59 Å². The first-order valence-electron chi connectivity index (χ1n) is 10.9. The largest absolute Gasteiger partial charge is 0.444 e. The normalized spacial score (nSPS) is 16.4. The molecule has 2 N–H and O–H groups in total. The zero-order valence-electron chi connectivity index (χ0n) is 19.6. The standard InChI is InChI=1S/C23H30BrClN4O4/c1-13(2)21(27-22(31)33-23(3,4)5)26-17(30)12-15-16(25)10-9-14-19(15)29(28-20(14)24)18-8-6-7-11-32-18/h9-10,18H,6-8,11-12H2,1-5H3,(H,26,30)(H,27,31). The van der Waals surface area contributed by atoms with Gasteiger partial charge in [0.25, 0.3) is 0 Å². The van der Waals surface area contributed by atoms with Gasteiger partial charge in [-0.25, -0.2) is 9.48 Å². The Morgan fingerprint density at radius 1 is 1.27 bits per heavy atom. The number of hydrogen-bond donors (Lipinski definition) is 2. The van der Waals surface area contributed by atoms with Gasteiger partial charge in [-0.2, -0.15) is 5.10 Å². The molecule has 8 nitrogen and oxygen atoms in total. The van der Waals surface area contributed by atoms with Gasteiger partial charge in [-0.1, -0.05) is 11.6 Å². The maximum atomic E-state index is 13.0. The average Bonchev–Trinajstić information content (AvgIpc) is 3.05. The fourth-order valence-corrected chi connectivity index (χ4v) is 4.27. The van der Waals surface area contributed by atoms with Gasteiger partial charge < -0.3 is 14.8 Å². The number of amides is 2. The summed E-state index contributed by atoms with van der Waals surface area (Å²) in [4.78, 5) is 25.2. The van der Waals surface area contributed by atoms with Crippen LogP contribution in [0.5, 0.6) is 0 Å². The number of alkyl carbamates (subject to hydrolysis) is 1. The van der Waals surface area contributed by atoms with Gasteiger partial charge in [0.15, 0.2) is 6.23 Å². The van der Waals surface area contributed by atoms with Crippen molar-refractivity contribution in [1.82, 2.24) is 20.4 Å². The van der Waals surface area contributed by atoms with Crippen LogP contribution in [0.1, 0.15) is 65.7 Å². The molecule has 3 rings (SSSR count). The highest BCUT2D eigenvalue weighted by Crippen LogP contribution is 2.35. The van der Waals surface area contributed by atoms with Crippen LogP contribution in [0, 0.1) is 0 Å². The first-order chi connectivity index (χ1) is 15.5. The minimum Gasteiger partial charge on any atom is -0.444 e. The summed E-state index contributed by atoms with van der Waals surface area (Å²) in [6, 6.07) is 3.63. The van der Waals surface area contributed by atoms with E-state index in [1.54, 1.807) is 40.7 Å². The zero-order valence-corrected chi connectivity index (χ0v) is 21.9. The molecular formula is C23H30BrClN4O4. The number of nitrogens with one attached hydrogen (secondary N) is 2. The average molecular weight is 542 g/mol. The second-order valence-corrected chi connectivity index (χ2v) is 10.4. The predicted octanol–water partition coefficient (Wildman–Crippen LogP) is 5.59. The molecule has 1 aromatic carbocycles. The number of carbonyl (C=O) groups excluding carboxylic acids is 2. The Balaban J connectivity index is 1.86. The fourth-order valence-electron chi connectivity index (χ4n) is 3.56. The first kappa shape index (κ1) is 25.5. The fraction of sp³-hybridized carbons (Fsp3) is 0.522. The quantitative estimate of drug-likeness (QED) is 0.515. The molecule has 180 valence electrons. The molecule has 2 heterocycles. The molecule has 1 fully saturated rings. The number of benzene rings is 1. The van der Waals surface area contributed by atoms with Crippen LogP contribution in [0.4, 0.5) is 4.79 Å². The molecule has 0 radical (unpaired) electrons. The van der Waals surface area contributed by atoms with E-state index >= 15 is 0 Å². The number of carbonyl (C=O) groups is 2. The van der Waals surface area contributed by atoms with E-state index in [4.69, 9.17) is 21.1 Å². The molecule has 1 aliphatic rings. The first-order valence-corrected chi connectivity index (χ1v) is 12.1. The number of hydrogen-bond acceptors (Lipinski definition) is 5. The third-order valence-corrected chi connectivity index (χ3v) is 5.97. The highest BCUT2D eigenvalue weighted by molar-refractivity contribution is 9.10. The summed E-state index contributed by atoms with van der Waals surface area (Å²) in [5.74, 6) is -0.0482. The number of rotatable bonds is 5. The van der Waals surface area contributed by atoms with Crippen molar-refractivity contribution in [2.75, 3.05) is 6.61 Å². The van der Waals surface area contributed by atoms with E-state index < -0.39 is 11.7 Å². The van der Waals surface area contributed by atoms with Crippen molar-refractivity contribution in [2.45, 2.75) is 72.1 Å². The van der Waals surface area contributed by atoms with Crippen molar-refractivity contribution in [3.8, 4) is 0 Å². The van der Waals surface area contributed by atoms with E-state index in [1.165, 1.54) is 0 Å². The molecular weight excluding hydrogens is 512 g/mol. The number of fused-ring (bicyclic) bond motifs is 1. The maximum absolute atomic E-state index is 13.0. The Labute approximate surface area is 207 Å². The molecule has 1 saturated heterocycles. The Hall–Kier alpha value is -2.10. The number of halogens is 2. The molecule has 0 saturated carbocycles. The topological polar surface area (TPSA) is 94.5 Å². The van der Waals surface area contributed by atoms with Crippen molar-refractivity contribution in [3.63, 3.8) is 0 Å². The van der Waals surface area contributed by atoms with Gasteiger partial charge in [0.1, 0.15) is 16.0 Å². The summed E-state index contributed by atoms with van der Waals surface area (Å²) in [6.07, 6.45) is 2.03. The minimum atomic E-state index is -0.656. The van der Waals surface area contributed by atoms with Crippen molar-refractivity contribution >= 4 is 50.4 Å².